The van der Waals surface area contributed by atoms with Gasteiger partial charge in [0.25, 0.3) is 0 Å². The van der Waals surface area contributed by atoms with Crippen molar-refractivity contribution in [2.45, 2.75) is 27.3 Å². The Balaban J connectivity index is 1.83. The fourth-order valence-electron chi connectivity index (χ4n) is 2.79. The summed E-state index contributed by atoms with van der Waals surface area (Å²) in [4.78, 5) is 0. The highest BCUT2D eigenvalue weighted by Crippen LogP contribution is 2.24. The predicted molar refractivity (Wildman–Crippen MR) is 101 cm³/mol. The summed E-state index contributed by atoms with van der Waals surface area (Å²) >= 11 is 5.49. The van der Waals surface area contributed by atoms with Crippen LogP contribution in [-0.4, -0.2) is 14.9 Å². The van der Waals surface area contributed by atoms with E-state index in [4.69, 9.17) is 12.2 Å². The zero-order valence-corrected chi connectivity index (χ0v) is 14.4. The van der Waals surface area contributed by atoms with Crippen molar-refractivity contribution in [2.75, 3.05) is 10.6 Å². The third kappa shape index (κ3) is 3.05. The van der Waals surface area contributed by atoms with Crippen molar-refractivity contribution in [3.63, 3.8) is 0 Å². The maximum atomic E-state index is 5.49. The van der Waals surface area contributed by atoms with Crippen LogP contribution >= 0.6 is 12.2 Å². The first-order valence-electron chi connectivity index (χ1n) is 7.70. The zero-order chi connectivity index (χ0) is 16.4. The summed E-state index contributed by atoms with van der Waals surface area (Å²) in [6.45, 7) is 6.96. The van der Waals surface area contributed by atoms with Crippen molar-refractivity contribution in [3.05, 3.63) is 53.9 Å². The molecule has 0 bridgehead atoms. The molecule has 2 N–H and O–H groups in total. The SMILES string of the molecule is CCn1nc(C)c(NC(=S)Nc2cccc3ccccc23)c1C. The van der Waals surface area contributed by atoms with Gasteiger partial charge in [0.15, 0.2) is 5.11 Å². The average molecular weight is 324 g/mol. The van der Waals surface area contributed by atoms with Gasteiger partial charge in [0.1, 0.15) is 0 Å². The molecule has 0 fully saturated rings. The molecule has 0 unspecified atom stereocenters. The Morgan fingerprint density at radius 3 is 2.57 bits per heavy atom. The third-order valence-corrected chi connectivity index (χ3v) is 4.16. The smallest absolute Gasteiger partial charge is 0.175 e. The molecule has 0 amide bonds. The number of hydrogen-bond donors (Lipinski definition) is 2. The number of nitrogens with one attached hydrogen (secondary N) is 2. The minimum atomic E-state index is 0.572. The minimum Gasteiger partial charge on any atom is -0.332 e. The molecule has 1 heterocycles. The fourth-order valence-corrected chi connectivity index (χ4v) is 3.00. The molecule has 0 aliphatic carbocycles. The summed E-state index contributed by atoms with van der Waals surface area (Å²) in [6, 6.07) is 14.4. The van der Waals surface area contributed by atoms with Crippen LogP contribution in [0.4, 0.5) is 11.4 Å². The molecule has 0 aliphatic heterocycles. The Morgan fingerprint density at radius 1 is 1.09 bits per heavy atom. The number of hydrogen-bond acceptors (Lipinski definition) is 2. The van der Waals surface area contributed by atoms with Crippen molar-refractivity contribution >= 4 is 39.5 Å². The second-order valence-electron chi connectivity index (χ2n) is 5.47. The molecule has 3 aromatic rings. The van der Waals surface area contributed by atoms with E-state index < -0.39 is 0 Å². The van der Waals surface area contributed by atoms with Gasteiger partial charge < -0.3 is 10.6 Å². The maximum absolute atomic E-state index is 5.49. The molecule has 0 saturated carbocycles. The second-order valence-corrected chi connectivity index (χ2v) is 5.88. The Labute approximate surface area is 141 Å². The highest BCUT2D eigenvalue weighted by atomic mass is 32.1. The molecule has 2 aromatic carbocycles. The highest BCUT2D eigenvalue weighted by Gasteiger charge is 2.12. The van der Waals surface area contributed by atoms with Crippen LogP contribution in [-0.2, 0) is 6.54 Å². The summed E-state index contributed by atoms with van der Waals surface area (Å²) in [5.41, 5.74) is 4.02. The van der Waals surface area contributed by atoms with Crippen LogP contribution in [0.2, 0.25) is 0 Å². The standard InChI is InChI=1S/C18H20N4S/c1-4-22-13(3)17(12(2)21-22)20-18(23)19-16-11-7-9-14-8-5-6-10-15(14)16/h5-11H,4H2,1-3H3,(H2,19,20,23). The molecule has 0 atom stereocenters. The van der Waals surface area contributed by atoms with Gasteiger partial charge in [-0.05, 0) is 44.4 Å². The van der Waals surface area contributed by atoms with E-state index >= 15 is 0 Å². The molecule has 4 nitrogen and oxygen atoms in total. The Hall–Kier alpha value is -2.40. The number of nitrogens with zero attached hydrogens (tertiary/aromatic N) is 2. The molecular weight excluding hydrogens is 304 g/mol. The first-order chi connectivity index (χ1) is 11.1. The van der Waals surface area contributed by atoms with Gasteiger partial charge >= 0.3 is 0 Å². The molecule has 0 radical (unpaired) electrons. The largest absolute Gasteiger partial charge is 0.332 e. The number of rotatable bonds is 3. The fraction of sp³-hybridized carbons (Fsp3) is 0.222. The van der Waals surface area contributed by atoms with E-state index in [1.165, 1.54) is 5.39 Å². The highest BCUT2D eigenvalue weighted by molar-refractivity contribution is 7.80. The van der Waals surface area contributed by atoms with E-state index in [2.05, 4.69) is 40.9 Å². The molecule has 23 heavy (non-hydrogen) atoms. The zero-order valence-electron chi connectivity index (χ0n) is 13.6. The van der Waals surface area contributed by atoms with E-state index in [0.29, 0.717) is 5.11 Å². The van der Waals surface area contributed by atoms with Crippen molar-refractivity contribution in [1.29, 1.82) is 0 Å². The average Bonchev–Trinajstić information content (AvgIpc) is 2.82. The molecule has 0 aliphatic rings. The van der Waals surface area contributed by atoms with Gasteiger partial charge in [0.2, 0.25) is 0 Å². The van der Waals surface area contributed by atoms with Crippen LogP contribution in [0, 0.1) is 13.8 Å². The molecule has 3 rings (SSSR count). The van der Waals surface area contributed by atoms with Crippen LogP contribution in [0.1, 0.15) is 18.3 Å². The number of benzene rings is 2. The first-order valence-corrected chi connectivity index (χ1v) is 8.10. The van der Waals surface area contributed by atoms with Gasteiger partial charge in [-0.3, -0.25) is 4.68 Å². The number of fused-ring (bicyclic) bond motifs is 1. The van der Waals surface area contributed by atoms with Crippen LogP contribution in [0.5, 0.6) is 0 Å². The first kappa shape index (κ1) is 15.5. The van der Waals surface area contributed by atoms with Gasteiger partial charge in [-0.1, -0.05) is 36.4 Å². The molecule has 0 saturated heterocycles. The Morgan fingerprint density at radius 2 is 1.83 bits per heavy atom. The van der Waals surface area contributed by atoms with Gasteiger partial charge in [-0.2, -0.15) is 5.10 Å². The predicted octanol–water partition coefficient (Wildman–Crippen LogP) is 4.48. The maximum Gasteiger partial charge on any atom is 0.175 e. The summed E-state index contributed by atoms with van der Waals surface area (Å²) in [6.07, 6.45) is 0. The number of aryl methyl sites for hydroxylation is 2. The van der Waals surface area contributed by atoms with E-state index in [9.17, 15) is 0 Å². The van der Waals surface area contributed by atoms with Crippen molar-refractivity contribution in [2.24, 2.45) is 0 Å². The lowest BCUT2D eigenvalue weighted by Gasteiger charge is -2.13. The van der Waals surface area contributed by atoms with Gasteiger partial charge in [0.05, 0.1) is 17.1 Å². The van der Waals surface area contributed by atoms with Gasteiger partial charge in [0, 0.05) is 17.6 Å². The van der Waals surface area contributed by atoms with Crippen molar-refractivity contribution in [3.8, 4) is 0 Å². The summed E-state index contributed by atoms with van der Waals surface area (Å²) in [5, 5.41) is 14.0. The van der Waals surface area contributed by atoms with Crippen LogP contribution in [0.15, 0.2) is 42.5 Å². The second kappa shape index (κ2) is 6.38. The van der Waals surface area contributed by atoms with E-state index in [0.717, 1.165) is 34.7 Å². The third-order valence-electron chi connectivity index (χ3n) is 3.96. The minimum absolute atomic E-state index is 0.572. The van der Waals surface area contributed by atoms with Crippen LogP contribution in [0.3, 0.4) is 0 Å². The number of thiocarbonyl (C=S) groups is 1. The lowest BCUT2D eigenvalue weighted by atomic mass is 10.1. The van der Waals surface area contributed by atoms with E-state index in [-0.39, 0.29) is 0 Å². The molecule has 5 heteroatoms. The molecular formula is C18H20N4S. The van der Waals surface area contributed by atoms with Gasteiger partial charge in [-0.15, -0.1) is 0 Å². The van der Waals surface area contributed by atoms with Crippen molar-refractivity contribution in [1.82, 2.24) is 9.78 Å². The van der Waals surface area contributed by atoms with Crippen LogP contribution in [0.25, 0.3) is 10.8 Å². The molecule has 118 valence electrons. The topological polar surface area (TPSA) is 41.9 Å². The quantitative estimate of drug-likeness (QED) is 0.697. The number of aromatic nitrogens is 2. The summed E-state index contributed by atoms with van der Waals surface area (Å²) < 4.78 is 1.97. The van der Waals surface area contributed by atoms with E-state index in [1.54, 1.807) is 0 Å². The van der Waals surface area contributed by atoms with E-state index in [1.807, 2.05) is 42.8 Å². The van der Waals surface area contributed by atoms with Crippen LogP contribution < -0.4 is 10.6 Å². The number of anilines is 2. The van der Waals surface area contributed by atoms with Crippen molar-refractivity contribution < 1.29 is 0 Å². The normalized spacial score (nSPS) is 10.7. The monoisotopic (exact) mass is 324 g/mol. The Bertz CT molecular complexity index is 861. The summed E-state index contributed by atoms with van der Waals surface area (Å²) in [7, 11) is 0. The summed E-state index contributed by atoms with van der Waals surface area (Å²) in [5.74, 6) is 0. The lowest BCUT2D eigenvalue weighted by molar-refractivity contribution is 0.634. The molecule has 1 aromatic heterocycles. The van der Waals surface area contributed by atoms with Gasteiger partial charge in [-0.25, -0.2) is 0 Å². The molecule has 0 spiro atoms. The lowest BCUT2D eigenvalue weighted by Crippen LogP contribution is -2.20. The Kier molecular flexibility index (Phi) is 4.30.